The van der Waals surface area contributed by atoms with E-state index in [0.29, 0.717) is 29.7 Å². The highest BCUT2D eigenvalue weighted by Gasteiger charge is 2.30. The van der Waals surface area contributed by atoms with Gasteiger partial charge in [-0.2, -0.15) is 4.31 Å². The first kappa shape index (κ1) is 21.7. The van der Waals surface area contributed by atoms with Gasteiger partial charge in [0.1, 0.15) is 0 Å². The maximum Gasteiger partial charge on any atom is 0.249 e. The minimum Gasteiger partial charge on any atom is -0.366 e. The summed E-state index contributed by atoms with van der Waals surface area (Å²) in [6, 6.07) is 14.2. The van der Waals surface area contributed by atoms with Crippen molar-refractivity contribution in [1.29, 1.82) is 0 Å². The molecule has 0 saturated carbocycles. The molecule has 1 aliphatic rings. The first-order chi connectivity index (χ1) is 14.3. The van der Waals surface area contributed by atoms with Crippen LogP contribution in [-0.2, 0) is 14.8 Å². The van der Waals surface area contributed by atoms with Gasteiger partial charge >= 0.3 is 0 Å². The molecule has 158 valence electrons. The molecule has 30 heavy (non-hydrogen) atoms. The van der Waals surface area contributed by atoms with Crippen LogP contribution in [0.5, 0.6) is 0 Å². The van der Waals surface area contributed by atoms with Crippen molar-refractivity contribution >= 4 is 33.6 Å². The summed E-state index contributed by atoms with van der Waals surface area (Å²) in [5.74, 6) is -1.03. The highest BCUT2D eigenvalue weighted by atomic mass is 32.2. The molecule has 0 spiro atoms. The number of amides is 2. The van der Waals surface area contributed by atoms with Gasteiger partial charge in [-0.15, -0.1) is 0 Å². The maximum atomic E-state index is 12.7. The van der Waals surface area contributed by atoms with Gasteiger partial charge in [0, 0.05) is 35.7 Å². The first-order valence-corrected chi connectivity index (χ1v) is 11.2. The fourth-order valence-corrected chi connectivity index (χ4v) is 4.68. The third-order valence-electron chi connectivity index (χ3n) is 5.27. The molecule has 2 amide bonds. The number of rotatable bonds is 6. The van der Waals surface area contributed by atoms with Crippen molar-refractivity contribution in [2.24, 2.45) is 11.7 Å². The lowest BCUT2D eigenvalue weighted by Crippen LogP contribution is -2.40. The monoisotopic (exact) mass is 427 g/mol. The summed E-state index contributed by atoms with van der Waals surface area (Å²) in [7, 11) is -3.54. The summed E-state index contributed by atoms with van der Waals surface area (Å²) >= 11 is 0. The normalized spacial score (nSPS) is 15.9. The molecule has 0 aromatic heterocycles. The molecule has 3 rings (SSSR count). The molecule has 1 heterocycles. The van der Waals surface area contributed by atoms with E-state index in [4.69, 9.17) is 5.73 Å². The fourth-order valence-electron chi connectivity index (χ4n) is 3.46. The van der Waals surface area contributed by atoms with E-state index >= 15 is 0 Å². The average molecular weight is 428 g/mol. The van der Waals surface area contributed by atoms with Crippen molar-refractivity contribution in [3.05, 3.63) is 70.6 Å². The number of carbonyl (C=O) groups excluding carboxylic acids is 2. The molecule has 0 aliphatic carbocycles. The van der Waals surface area contributed by atoms with Crippen LogP contribution in [0.3, 0.4) is 0 Å². The predicted octanol–water partition coefficient (Wildman–Crippen LogP) is 2.75. The van der Waals surface area contributed by atoms with Crippen LogP contribution in [0.2, 0.25) is 0 Å². The van der Waals surface area contributed by atoms with Gasteiger partial charge in [0.05, 0.1) is 0 Å². The van der Waals surface area contributed by atoms with Crippen LogP contribution in [0.1, 0.15) is 34.3 Å². The van der Waals surface area contributed by atoms with Crippen molar-refractivity contribution < 1.29 is 18.0 Å². The molecule has 1 aliphatic heterocycles. The summed E-state index contributed by atoms with van der Waals surface area (Å²) in [4.78, 5) is 24.1. The van der Waals surface area contributed by atoms with Crippen molar-refractivity contribution in [1.82, 2.24) is 4.31 Å². The Hall–Kier alpha value is -2.97. The van der Waals surface area contributed by atoms with Gasteiger partial charge in [-0.1, -0.05) is 36.4 Å². The summed E-state index contributed by atoms with van der Waals surface area (Å²) in [5.41, 5.74) is 7.68. The quantitative estimate of drug-likeness (QED) is 0.739. The van der Waals surface area contributed by atoms with Crippen molar-refractivity contribution in [2.45, 2.75) is 19.8 Å². The topological polar surface area (TPSA) is 110 Å². The molecule has 8 heteroatoms. The molecule has 0 unspecified atom stereocenters. The van der Waals surface area contributed by atoms with E-state index in [2.05, 4.69) is 5.32 Å². The highest BCUT2D eigenvalue weighted by Crippen LogP contribution is 2.24. The van der Waals surface area contributed by atoms with Crippen LogP contribution in [0.15, 0.2) is 53.9 Å². The number of sulfonamides is 1. The summed E-state index contributed by atoms with van der Waals surface area (Å²) < 4.78 is 26.5. The molecule has 2 aromatic carbocycles. The van der Waals surface area contributed by atoms with Gasteiger partial charge < -0.3 is 11.1 Å². The maximum absolute atomic E-state index is 12.7. The van der Waals surface area contributed by atoms with E-state index in [0.717, 1.165) is 5.56 Å². The van der Waals surface area contributed by atoms with E-state index in [1.807, 2.05) is 30.3 Å². The molecule has 0 bridgehead atoms. The Balaban J connectivity index is 1.60. The van der Waals surface area contributed by atoms with E-state index in [9.17, 15) is 18.0 Å². The second-order valence-corrected chi connectivity index (χ2v) is 9.08. The smallest absolute Gasteiger partial charge is 0.249 e. The zero-order valence-corrected chi connectivity index (χ0v) is 17.6. The summed E-state index contributed by atoms with van der Waals surface area (Å²) in [5, 5.41) is 4.06. The lowest BCUT2D eigenvalue weighted by Gasteiger charge is -2.29. The van der Waals surface area contributed by atoms with Gasteiger partial charge in [0.15, 0.2) is 0 Å². The molecule has 1 fully saturated rings. The minimum atomic E-state index is -3.54. The second-order valence-electron chi connectivity index (χ2n) is 7.26. The van der Waals surface area contributed by atoms with Crippen molar-refractivity contribution in [2.75, 3.05) is 18.4 Å². The number of nitrogens with two attached hydrogens (primary N) is 1. The Morgan fingerprint density at radius 2 is 1.73 bits per heavy atom. The first-order valence-electron chi connectivity index (χ1n) is 9.71. The number of nitrogens with one attached hydrogen (secondary N) is 1. The molecule has 0 atom stereocenters. The Bertz CT molecular complexity index is 1060. The number of benzene rings is 2. The second kappa shape index (κ2) is 9.23. The lowest BCUT2D eigenvalue weighted by molar-refractivity contribution is -0.120. The Kier molecular flexibility index (Phi) is 6.69. The highest BCUT2D eigenvalue weighted by molar-refractivity contribution is 7.92. The minimum absolute atomic E-state index is 0.184. The van der Waals surface area contributed by atoms with Crippen LogP contribution < -0.4 is 11.1 Å². The van der Waals surface area contributed by atoms with E-state index in [1.54, 1.807) is 31.2 Å². The van der Waals surface area contributed by atoms with E-state index in [-0.39, 0.29) is 24.9 Å². The Morgan fingerprint density at radius 3 is 2.37 bits per heavy atom. The third kappa shape index (κ3) is 5.14. The standard InChI is InChI=1S/C22H25N3O4S/c1-16-19(21(23)26)8-5-9-20(16)24-22(27)18-10-13-25(14-11-18)30(28,29)15-12-17-6-3-2-4-7-17/h2-9,12,15,18H,10-11,13-14H2,1H3,(H2,23,26)(H,24,27)/b15-12+. The number of nitrogens with zero attached hydrogens (tertiary/aromatic N) is 1. The number of hydrogen-bond acceptors (Lipinski definition) is 4. The average Bonchev–Trinajstić information content (AvgIpc) is 2.74. The summed E-state index contributed by atoms with van der Waals surface area (Å²) in [6.45, 7) is 2.28. The van der Waals surface area contributed by atoms with Crippen LogP contribution >= 0.6 is 0 Å². The number of carbonyl (C=O) groups is 2. The van der Waals surface area contributed by atoms with Gasteiger partial charge in [-0.05, 0) is 49.1 Å². The van der Waals surface area contributed by atoms with Crippen molar-refractivity contribution in [3.63, 3.8) is 0 Å². The summed E-state index contributed by atoms with van der Waals surface area (Å²) in [6.07, 6.45) is 2.43. The molecular formula is C22H25N3O4S. The molecule has 0 radical (unpaired) electrons. The van der Waals surface area contributed by atoms with E-state index in [1.165, 1.54) is 9.71 Å². The van der Waals surface area contributed by atoms with Gasteiger partial charge in [0.2, 0.25) is 21.8 Å². The number of piperidine rings is 1. The molecule has 3 N–H and O–H groups in total. The zero-order chi connectivity index (χ0) is 21.7. The van der Waals surface area contributed by atoms with Crippen LogP contribution in [0.25, 0.3) is 6.08 Å². The number of anilines is 1. The molecule has 7 nitrogen and oxygen atoms in total. The predicted molar refractivity (Wildman–Crippen MR) is 117 cm³/mol. The van der Waals surface area contributed by atoms with Gasteiger partial charge in [-0.25, -0.2) is 8.42 Å². The van der Waals surface area contributed by atoms with Gasteiger partial charge in [-0.3, -0.25) is 9.59 Å². The zero-order valence-electron chi connectivity index (χ0n) is 16.7. The largest absolute Gasteiger partial charge is 0.366 e. The fraction of sp³-hybridized carbons (Fsp3) is 0.273. The SMILES string of the molecule is Cc1c(NC(=O)C2CCN(S(=O)(=O)/C=C/c3ccccc3)CC2)cccc1C(N)=O. The van der Waals surface area contributed by atoms with Gasteiger partial charge in [0.25, 0.3) is 0 Å². The van der Waals surface area contributed by atoms with Crippen LogP contribution in [0.4, 0.5) is 5.69 Å². The molecule has 2 aromatic rings. The third-order valence-corrected chi connectivity index (χ3v) is 6.84. The molecular weight excluding hydrogens is 402 g/mol. The number of hydrogen-bond donors (Lipinski definition) is 2. The van der Waals surface area contributed by atoms with Crippen LogP contribution in [-0.4, -0.2) is 37.6 Å². The van der Waals surface area contributed by atoms with Crippen molar-refractivity contribution in [3.8, 4) is 0 Å². The van der Waals surface area contributed by atoms with E-state index < -0.39 is 15.9 Å². The Morgan fingerprint density at radius 1 is 1.07 bits per heavy atom. The Labute approximate surface area is 176 Å². The van der Waals surface area contributed by atoms with Crippen LogP contribution in [0, 0.1) is 12.8 Å². The lowest BCUT2D eigenvalue weighted by atomic mass is 9.96. The number of primary amides is 1. The molecule has 1 saturated heterocycles.